The third-order valence-corrected chi connectivity index (χ3v) is 2.95. The molecule has 0 radical (unpaired) electrons. The summed E-state index contributed by atoms with van der Waals surface area (Å²) in [6, 6.07) is 8.44. The monoisotopic (exact) mass is 234 g/mol. The van der Waals surface area contributed by atoms with Gasteiger partial charge in [-0.2, -0.15) is 0 Å². The Morgan fingerprint density at radius 3 is 2.81 bits per heavy atom. The minimum absolute atomic E-state index is 0.179. The number of hydrogen-bond acceptors (Lipinski definition) is 2. The highest BCUT2D eigenvalue weighted by Gasteiger charge is 2.03. The molecule has 3 heteroatoms. The third-order valence-electron chi connectivity index (χ3n) is 2.57. The van der Waals surface area contributed by atoms with E-state index in [9.17, 15) is 0 Å². The molecule has 84 valence electrons. The number of halogens is 1. The lowest BCUT2D eigenvalue weighted by Crippen LogP contribution is -2.17. The van der Waals surface area contributed by atoms with Gasteiger partial charge in [0.05, 0.1) is 5.52 Å². The minimum atomic E-state index is 0.179. The van der Waals surface area contributed by atoms with Gasteiger partial charge in [-0.25, -0.2) is 4.98 Å². The van der Waals surface area contributed by atoms with Crippen LogP contribution in [0.25, 0.3) is 10.9 Å². The fraction of sp³-hybridized carbons (Fsp3) is 0.308. The fourth-order valence-electron chi connectivity index (χ4n) is 1.81. The molecule has 0 amide bonds. The maximum Gasteiger partial charge on any atom is 0.132 e. The Hall–Kier alpha value is -1.12. The molecule has 0 aliphatic rings. The van der Waals surface area contributed by atoms with Gasteiger partial charge in [0.2, 0.25) is 0 Å². The second kappa shape index (κ2) is 4.40. The summed E-state index contributed by atoms with van der Waals surface area (Å²) in [6.07, 6.45) is 0.887. The molecule has 0 fully saturated rings. The molecule has 1 aromatic carbocycles. The summed E-state index contributed by atoms with van der Waals surface area (Å²) in [5, 5.41) is 1.70. The van der Waals surface area contributed by atoms with Gasteiger partial charge in [-0.3, -0.25) is 0 Å². The zero-order valence-corrected chi connectivity index (χ0v) is 10.3. The van der Waals surface area contributed by atoms with Gasteiger partial charge >= 0.3 is 0 Å². The number of aromatic nitrogens is 1. The molecular weight excluding hydrogens is 220 g/mol. The van der Waals surface area contributed by atoms with Crippen LogP contribution in [0, 0.1) is 6.92 Å². The first-order chi connectivity index (χ1) is 7.56. The van der Waals surface area contributed by atoms with E-state index in [2.05, 4.69) is 23.2 Å². The Balaban J connectivity index is 2.49. The van der Waals surface area contributed by atoms with E-state index in [4.69, 9.17) is 17.3 Å². The number of nitrogens with two attached hydrogens (primary N) is 1. The van der Waals surface area contributed by atoms with Crippen molar-refractivity contribution in [2.45, 2.75) is 26.3 Å². The number of benzene rings is 1. The average molecular weight is 235 g/mol. The van der Waals surface area contributed by atoms with Gasteiger partial charge in [-0.05, 0) is 49.6 Å². The molecule has 0 aliphatic heterocycles. The Morgan fingerprint density at radius 2 is 2.12 bits per heavy atom. The molecule has 1 unspecified atom stereocenters. The highest BCUT2D eigenvalue weighted by Crippen LogP contribution is 2.21. The Labute approximate surface area is 100 Å². The number of fused-ring (bicyclic) bond motifs is 1. The molecular formula is C13H15ClN2. The number of hydrogen-bond donors (Lipinski definition) is 1. The van der Waals surface area contributed by atoms with Gasteiger partial charge in [0, 0.05) is 11.4 Å². The molecule has 1 aromatic heterocycles. The Kier molecular flexibility index (Phi) is 3.13. The van der Waals surface area contributed by atoms with Crippen LogP contribution >= 0.6 is 11.6 Å². The van der Waals surface area contributed by atoms with Crippen LogP contribution in [-0.2, 0) is 6.42 Å². The van der Waals surface area contributed by atoms with Crippen LogP contribution in [0.5, 0.6) is 0 Å². The van der Waals surface area contributed by atoms with E-state index in [1.807, 2.05) is 19.9 Å². The van der Waals surface area contributed by atoms with Crippen LogP contribution in [0.4, 0.5) is 0 Å². The summed E-state index contributed by atoms with van der Waals surface area (Å²) in [6.45, 7) is 3.97. The highest BCUT2D eigenvalue weighted by molar-refractivity contribution is 6.30. The second-order valence-corrected chi connectivity index (χ2v) is 4.66. The van der Waals surface area contributed by atoms with E-state index in [1.165, 1.54) is 5.56 Å². The number of pyridine rings is 1. The number of aryl methyl sites for hydroxylation is 1. The van der Waals surface area contributed by atoms with Gasteiger partial charge in [-0.15, -0.1) is 0 Å². The standard InChI is InChI=1S/C13H15ClN2/c1-8-5-11-7-10(6-9(2)15)3-4-12(11)16-13(8)14/h3-5,7,9H,6,15H2,1-2H3. The van der Waals surface area contributed by atoms with E-state index in [1.54, 1.807) is 0 Å². The molecule has 0 saturated carbocycles. The quantitative estimate of drug-likeness (QED) is 0.811. The molecule has 2 nitrogen and oxygen atoms in total. The van der Waals surface area contributed by atoms with Crippen LogP contribution in [0.15, 0.2) is 24.3 Å². The van der Waals surface area contributed by atoms with Crippen molar-refractivity contribution in [2.24, 2.45) is 5.73 Å². The van der Waals surface area contributed by atoms with Crippen LogP contribution in [0.2, 0.25) is 5.15 Å². The van der Waals surface area contributed by atoms with Gasteiger partial charge < -0.3 is 5.73 Å². The number of rotatable bonds is 2. The fourth-order valence-corrected chi connectivity index (χ4v) is 1.95. The van der Waals surface area contributed by atoms with Crippen molar-refractivity contribution < 1.29 is 0 Å². The van der Waals surface area contributed by atoms with Gasteiger partial charge in [0.25, 0.3) is 0 Å². The highest BCUT2D eigenvalue weighted by atomic mass is 35.5. The van der Waals surface area contributed by atoms with E-state index < -0.39 is 0 Å². The largest absolute Gasteiger partial charge is 0.328 e. The first-order valence-corrected chi connectivity index (χ1v) is 5.75. The minimum Gasteiger partial charge on any atom is -0.328 e. The van der Waals surface area contributed by atoms with Crippen molar-refractivity contribution in [1.82, 2.24) is 4.98 Å². The molecule has 16 heavy (non-hydrogen) atoms. The lowest BCUT2D eigenvalue weighted by molar-refractivity contribution is 0.739. The molecule has 0 spiro atoms. The van der Waals surface area contributed by atoms with Crippen LogP contribution < -0.4 is 5.73 Å². The lowest BCUT2D eigenvalue weighted by atomic mass is 10.0. The Bertz CT molecular complexity index is 521. The first kappa shape index (κ1) is 11.4. The average Bonchev–Trinajstić information content (AvgIpc) is 2.19. The first-order valence-electron chi connectivity index (χ1n) is 5.37. The summed E-state index contributed by atoms with van der Waals surface area (Å²) >= 11 is 5.98. The number of nitrogens with zero attached hydrogens (tertiary/aromatic N) is 1. The summed E-state index contributed by atoms with van der Waals surface area (Å²) in [5.74, 6) is 0. The molecule has 2 N–H and O–H groups in total. The van der Waals surface area contributed by atoms with E-state index >= 15 is 0 Å². The van der Waals surface area contributed by atoms with E-state index in [0.29, 0.717) is 5.15 Å². The zero-order chi connectivity index (χ0) is 11.7. The molecule has 0 aliphatic carbocycles. The van der Waals surface area contributed by atoms with E-state index in [-0.39, 0.29) is 6.04 Å². The van der Waals surface area contributed by atoms with Gasteiger partial charge in [-0.1, -0.05) is 17.7 Å². The maximum absolute atomic E-state index is 5.98. The molecule has 0 bridgehead atoms. The van der Waals surface area contributed by atoms with Gasteiger partial charge in [0.15, 0.2) is 0 Å². The van der Waals surface area contributed by atoms with Crippen molar-refractivity contribution in [2.75, 3.05) is 0 Å². The van der Waals surface area contributed by atoms with Crippen molar-refractivity contribution in [3.05, 3.63) is 40.5 Å². The summed E-state index contributed by atoms with van der Waals surface area (Å²) in [5.41, 5.74) is 8.97. The predicted molar refractivity (Wildman–Crippen MR) is 68.8 cm³/mol. The van der Waals surface area contributed by atoms with Crippen molar-refractivity contribution in [3.63, 3.8) is 0 Å². The molecule has 2 aromatic rings. The summed E-state index contributed by atoms with van der Waals surface area (Å²) < 4.78 is 0. The summed E-state index contributed by atoms with van der Waals surface area (Å²) in [4.78, 5) is 4.33. The molecule has 1 atom stereocenters. The Morgan fingerprint density at radius 1 is 1.38 bits per heavy atom. The van der Waals surface area contributed by atoms with E-state index in [0.717, 1.165) is 22.9 Å². The van der Waals surface area contributed by atoms with Crippen molar-refractivity contribution in [3.8, 4) is 0 Å². The smallest absolute Gasteiger partial charge is 0.132 e. The maximum atomic E-state index is 5.98. The van der Waals surface area contributed by atoms with Crippen LogP contribution in [0.1, 0.15) is 18.1 Å². The third kappa shape index (κ3) is 2.34. The van der Waals surface area contributed by atoms with Gasteiger partial charge in [0.1, 0.15) is 5.15 Å². The van der Waals surface area contributed by atoms with Crippen molar-refractivity contribution in [1.29, 1.82) is 0 Å². The second-order valence-electron chi connectivity index (χ2n) is 4.30. The molecule has 0 saturated heterocycles. The summed E-state index contributed by atoms with van der Waals surface area (Å²) in [7, 11) is 0. The molecule has 1 heterocycles. The predicted octanol–water partition coefficient (Wildman–Crippen LogP) is 3.09. The van der Waals surface area contributed by atoms with Crippen molar-refractivity contribution >= 4 is 22.5 Å². The van der Waals surface area contributed by atoms with Crippen LogP contribution in [0.3, 0.4) is 0 Å². The molecule has 2 rings (SSSR count). The SMILES string of the molecule is Cc1cc2cc(CC(C)N)ccc2nc1Cl. The zero-order valence-electron chi connectivity index (χ0n) is 9.50. The normalized spacial score (nSPS) is 13.0. The topological polar surface area (TPSA) is 38.9 Å². The van der Waals surface area contributed by atoms with Crippen LogP contribution in [-0.4, -0.2) is 11.0 Å². The lowest BCUT2D eigenvalue weighted by Gasteiger charge is -2.07.